The lowest BCUT2D eigenvalue weighted by molar-refractivity contribution is -0.133. The molecule has 1 aliphatic heterocycles. The van der Waals surface area contributed by atoms with Crippen molar-refractivity contribution in [1.82, 2.24) is 14.5 Å². The second-order valence-corrected chi connectivity index (χ2v) is 5.46. The molecule has 1 aliphatic rings. The topological polar surface area (TPSA) is 58.4 Å². The van der Waals surface area contributed by atoms with E-state index in [1.54, 1.807) is 11.2 Å². The van der Waals surface area contributed by atoms with Gasteiger partial charge in [0.15, 0.2) is 0 Å². The minimum Gasteiger partial charge on any atom is -0.394 e. The number of hydrogen-bond donors (Lipinski definition) is 1. The summed E-state index contributed by atoms with van der Waals surface area (Å²) in [6, 6.07) is 7.73. The van der Waals surface area contributed by atoms with E-state index in [0.29, 0.717) is 5.92 Å². The normalized spacial score (nSPS) is 22.6. The molecule has 1 fully saturated rings. The molecule has 5 heteroatoms. The van der Waals surface area contributed by atoms with Crippen molar-refractivity contribution in [2.45, 2.75) is 25.9 Å². The molecule has 1 amide bonds. The van der Waals surface area contributed by atoms with Crippen molar-refractivity contribution < 1.29 is 9.90 Å². The van der Waals surface area contributed by atoms with Crippen LogP contribution in [0.5, 0.6) is 0 Å². The van der Waals surface area contributed by atoms with Gasteiger partial charge >= 0.3 is 0 Å². The molecule has 0 radical (unpaired) electrons. The first kappa shape index (κ1) is 13.1. The average molecular weight is 273 g/mol. The van der Waals surface area contributed by atoms with Gasteiger partial charge in [0.2, 0.25) is 5.91 Å². The van der Waals surface area contributed by atoms with E-state index in [4.69, 9.17) is 0 Å². The quantitative estimate of drug-likeness (QED) is 0.916. The summed E-state index contributed by atoms with van der Waals surface area (Å²) in [4.78, 5) is 18.5. The van der Waals surface area contributed by atoms with E-state index in [9.17, 15) is 9.90 Å². The van der Waals surface area contributed by atoms with Gasteiger partial charge in [-0.15, -0.1) is 0 Å². The highest BCUT2D eigenvalue weighted by molar-refractivity contribution is 5.81. The Hall–Kier alpha value is -1.88. The molecule has 1 aromatic heterocycles. The molecule has 106 valence electrons. The van der Waals surface area contributed by atoms with Gasteiger partial charge in [-0.3, -0.25) is 4.79 Å². The first-order valence-electron chi connectivity index (χ1n) is 7.01. The second kappa shape index (κ2) is 5.25. The van der Waals surface area contributed by atoms with Gasteiger partial charge in [0, 0.05) is 6.54 Å². The number of carbonyl (C=O) groups excluding carboxylic acids is 1. The largest absolute Gasteiger partial charge is 0.394 e. The van der Waals surface area contributed by atoms with Crippen molar-refractivity contribution in [2.24, 2.45) is 5.92 Å². The Balaban J connectivity index is 1.79. The molecule has 1 saturated heterocycles. The highest BCUT2D eigenvalue weighted by atomic mass is 16.3. The number of aliphatic hydroxyl groups is 1. The van der Waals surface area contributed by atoms with Crippen LogP contribution in [0.2, 0.25) is 0 Å². The summed E-state index contributed by atoms with van der Waals surface area (Å²) in [6.45, 7) is 3.14. The zero-order chi connectivity index (χ0) is 14.1. The number of imidazole rings is 1. The molecular formula is C15H19N3O2. The lowest BCUT2D eigenvalue weighted by atomic mass is 10.0. The van der Waals surface area contributed by atoms with Gasteiger partial charge in [-0.05, 0) is 24.5 Å². The summed E-state index contributed by atoms with van der Waals surface area (Å²) in [5, 5.41) is 9.44. The summed E-state index contributed by atoms with van der Waals surface area (Å²) >= 11 is 0. The maximum atomic E-state index is 12.4. The van der Waals surface area contributed by atoms with Crippen LogP contribution in [-0.2, 0) is 11.3 Å². The third-order valence-corrected chi connectivity index (χ3v) is 4.22. The van der Waals surface area contributed by atoms with Gasteiger partial charge in [0.1, 0.15) is 6.54 Å². The molecule has 3 rings (SSSR count). The van der Waals surface area contributed by atoms with Crippen LogP contribution in [0.4, 0.5) is 0 Å². The number of aromatic nitrogens is 2. The average Bonchev–Trinajstić information content (AvgIpc) is 3.03. The number of benzene rings is 1. The predicted molar refractivity (Wildman–Crippen MR) is 76.1 cm³/mol. The molecule has 2 aromatic rings. The Morgan fingerprint density at radius 1 is 1.45 bits per heavy atom. The molecule has 1 aromatic carbocycles. The van der Waals surface area contributed by atoms with Crippen molar-refractivity contribution >= 4 is 16.9 Å². The van der Waals surface area contributed by atoms with Gasteiger partial charge in [-0.2, -0.15) is 0 Å². The molecule has 20 heavy (non-hydrogen) atoms. The SMILES string of the molecule is CC1CCN(C(=O)Cn2cnc3ccccc32)C1CO. The van der Waals surface area contributed by atoms with Crippen LogP contribution < -0.4 is 0 Å². The number of carbonyl (C=O) groups is 1. The Kier molecular flexibility index (Phi) is 3.44. The number of aliphatic hydroxyl groups excluding tert-OH is 1. The summed E-state index contributed by atoms with van der Waals surface area (Å²) in [7, 11) is 0. The van der Waals surface area contributed by atoms with Gasteiger partial charge < -0.3 is 14.6 Å². The highest BCUT2D eigenvalue weighted by Crippen LogP contribution is 2.24. The van der Waals surface area contributed by atoms with Gasteiger partial charge in [0.25, 0.3) is 0 Å². The van der Waals surface area contributed by atoms with Crippen LogP contribution in [0.25, 0.3) is 11.0 Å². The number of nitrogens with zero attached hydrogens (tertiary/aromatic N) is 3. The van der Waals surface area contributed by atoms with E-state index in [-0.39, 0.29) is 25.1 Å². The number of likely N-dealkylation sites (tertiary alicyclic amines) is 1. The van der Waals surface area contributed by atoms with Crippen LogP contribution in [-0.4, -0.2) is 44.7 Å². The molecule has 2 unspecified atom stereocenters. The molecule has 0 spiro atoms. The van der Waals surface area contributed by atoms with Crippen molar-refractivity contribution in [3.05, 3.63) is 30.6 Å². The van der Waals surface area contributed by atoms with E-state index in [1.807, 2.05) is 28.8 Å². The molecule has 1 N–H and O–H groups in total. The third kappa shape index (κ3) is 2.18. The van der Waals surface area contributed by atoms with E-state index >= 15 is 0 Å². The fraction of sp³-hybridized carbons (Fsp3) is 0.467. The van der Waals surface area contributed by atoms with Crippen LogP contribution in [0.1, 0.15) is 13.3 Å². The van der Waals surface area contributed by atoms with Crippen LogP contribution >= 0.6 is 0 Å². The smallest absolute Gasteiger partial charge is 0.242 e. The number of amides is 1. The zero-order valence-electron chi connectivity index (χ0n) is 11.6. The maximum Gasteiger partial charge on any atom is 0.242 e. The van der Waals surface area contributed by atoms with Gasteiger partial charge in [0.05, 0.1) is 30.0 Å². The molecule has 2 atom stereocenters. The Labute approximate surface area is 117 Å². The molecule has 0 bridgehead atoms. The first-order chi connectivity index (χ1) is 9.70. The summed E-state index contributed by atoms with van der Waals surface area (Å²) in [5.74, 6) is 0.417. The van der Waals surface area contributed by atoms with E-state index in [0.717, 1.165) is 24.0 Å². The molecule has 0 saturated carbocycles. The molecular weight excluding hydrogens is 254 g/mol. The number of fused-ring (bicyclic) bond motifs is 1. The van der Waals surface area contributed by atoms with E-state index in [2.05, 4.69) is 11.9 Å². The Morgan fingerprint density at radius 3 is 3.05 bits per heavy atom. The van der Waals surface area contributed by atoms with Crippen LogP contribution in [0.3, 0.4) is 0 Å². The minimum absolute atomic E-state index is 0.0393. The fourth-order valence-corrected chi connectivity index (χ4v) is 2.97. The Morgan fingerprint density at radius 2 is 2.25 bits per heavy atom. The third-order valence-electron chi connectivity index (χ3n) is 4.22. The number of rotatable bonds is 3. The number of hydrogen-bond acceptors (Lipinski definition) is 3. The summed E-state index contributed by atoms with van der Waals surface area (Å²) in [5.41, 5.74) is 1.86. The van der Waals surface area contributed by atoms with Gasteiger partial charge in [-0.25, -0.2) is 4.98 Å². The predicted octanol–water partition coefficient (Wildman–Crippen LogP) is 1.27. The summed E-state index contributed by atoms with van der Waals surface area (Å²) < 4.78 is 1.87. The monoisotopic (exact) mass is 273 g/mol. The highest BCUT2D eigenvalue weighted by Gasteiger charge is 2.33. The first-order valence-corrected chi connectivity index (χ1v) is 7.01. The van der Waals surface area contributed by atoms with E-state index in [1.165, 1.54) is 0 Å². The van der Waals surface area contributed by atoms with Crippen LogP contribution in [0, 0.1) is 5.92 Å². The minimum atomic E-state index is -0.0442. The molecule has 5 nitrogen and oxygen atoms in total. The van der Waals surface area contributed by atoms with Crippen molar-refractivity contribution in [1.29, 1.82) is 0 Å². The maximum absolute atomic E-state index is 12.4. The zero-order valence-corrected chi connectivity index (χ0v) is 11.6. The molecule has 0 aliphatic carbocycles. The lowest BCUT2D eigenvalue weighted by Gasteiger charge is -2.25. The van der Waals surface area contributed by atoms with Crippen molar-refractivity contribution in [3.63, 3.8) is 0 Å². The second-order valence-electron chi connectivity index (χ2n) is 5.46. The van der Waals surface area contributed by atoms with Gasteiger partial charge in [-0.1, -0.05) is 19.1 Å². The fourth-order valence-electron chi connectivity index (χ4n) is 2.97. The Bertz CT molecular complexity index is 622. The standard InChI is InChI=1S/C15H19N3O2/c1-11-6-7-18(14(11)9-19)15(20)8-17-10-16-12-4-2-3-5-13(12)17/h2-5,10-11,14,19H,6-9H2,1H3. The lowest BCUT2D eigenvalue weighted by Crippen LogP contribution is -2.41. The van der Waals surface area contributed by atoms with Crippen molar-refractivity contribution in [2.75, 3.05) is 13.2 Å². The summed E-state index contributed by atoms with van der Waals surface area (Å²) in [6.07, 6.45) is 2.66. The molecule has 2 heterocycles. The van der Waals surface area contributed by atoms with Crippen LogP contribution in [0.15, 0.2) is 30.6 Å². The van der Waals surface area contributed by atoms with E-state index < -0.39 is 0 Å². The number of para-hydroxylation sites is 2. The van der Waals surface area contributed by atoms with Crippen molar-refractivity contribution in [3.8, 4) is 0 Å².